The van der Waals surface area contributed by atoms with E-state index in [1.54, 1.807) is 24.0 Å². The highest BCUT2D eigenvalue weighted by molar-refractivity contribution is 5.95. The van der Waals surface area contributed by atoms with E-state index < -0.39 is 36.5 Å². The molecule has 51 heavy (non-hydrogen) atoms. The number of fused-ring (bicyclic) bond motifs is 4. The first-order chi connectivity index (χ1) is 24.8. The lowest BCUT2D eigenvalue weighted by molar-refractivity contribution is -0.175. The molecule has 2 saturated heterocycles. The molecule has 3 aromatic rings. The van der Waals surface area contributed by atoms with Gasteiger partial charge in [0.15, 0.2) is 12.2 Å². The third-order valence-corrected chi connectivity index (χ3v) is 11.5. The zero-order chi connectivity index (χ0) is 35.1. The highest BCUT2D eigenvalue weighted by Crippen LogP contribution is 2.56. The fourth-order valence-corrected chi connectivity index (χ4v) is 8.80. The number of benzene rings is 3. The van der Waals surface area contributed by atoms with Gasteiger partial charge >= 0.3 is 0 Å². The number of β-lactam (4-membered cyclic amide) rings is 2. The number of aliphatic hydroxyl groups is 2. The van der Waals surface area contributed by atoms with E-state index in [0.717, 1.165) is 55.7 Å². The van der Waals surface area contributed by atoms with E-state index in [2.05, 4.69) is 0 Å². The molecule has 2 fully saturated rings. The molecule has 4 heterocycles. The lowest BCUT2D eigenvalue weighted by Gasteiger charge is -2.48. The lowest BCUT2D eigenvalue weighted by Crippen LogP contribution is -2.70. The van der Waals surface area contributed by atoms with Crippen molar-refractivity contribution in [3.05, 3.63) is 123 Å². The van der Waals surface area contributed by atoms with Gasteiger partial charge in [-0.15, -0.1) is 0 Å². The summed E-state index contributed by atoms with van der Waals surface area (Å²) in [5.74, 6) is 1.70. The van der Waals surface area contributed by atoms with Crippen molar-refractivity contribution in [3.8, 4) is 17.2 Å². The fraction of sp³-hybridized carbons (Fsp3) is 0.317. The van der Waals surface area contributed by atoms with Gasteiger partial charge in [0.25, 0.3) is 11.8 Å². The van der Waals surface area contributed by atoms with Crippen molar-refractivity contribution in [1.82, 2.24) is 9.80 Å². The number of carbonyl (C=O) groups is 2. The summed E-state index contributed by atoms with van der Waals surface area (Å²) in [5, 5.41) is 23.9. The van der Waals surface area contributed by atoms with Crippen LogP contribution < -0.4 is 14.2 Å². The Kier molecular flexibility index (Phi) is 7.46. The van der Waals surface area contributed by atoms with Gasteiger partial charge in [0.2, 0.25) is 0 Å². The molecular weight excluding hydrogens is 648 g/mol. The predicted octanol–water partition coefficient (Wildman–Crippen LogP) is 3.95. The van der Waals surface area contributed by atoms with Gasteiger partial charge in [-0.3, -0.25) is 9.59 Å². The van der Waals surface area contributed by atoms with Gasteiger partial charge in [0.1, 0.15) is 35.5 Å². The number of methoxy groups -OCH3 is 3. The van der Waals surface area contributed by atoms with Crippen LogP contribution in [-0.2, 0) is 14.3 Å². The molecule has 6 atom stereocenters. The van der Waals surface area contributed by atoms with E-state index in [-0.39, 0.29) is 11.8 Å². The SMILES string of the molecule is COc1ccc(C2=C3CC(C4=C5CN6C(=O)[C@H](Oc7ccccc7)C6[C@H](O)C(c6ccc(OC)cc6)=C5C4)=C3CN3C(=O)[C@H](OC)C3[C@@H]2O)cc1. The average Bonchev–Trinajstić information content (AvgIpc) is 3.28. The molecule has 2 N–H and O–H groups in total. The van der Waals surface area contributed by atoms with E-state index in [4.69, 9.17) is 18.9 Å². The summed E-state index contributed by atoms with van der Waals surface area (Å²) in [6.07, 6.45) is -2.22. The van der Waals surface area contributed by atoms with Crippen molar-refractivity contribution in [3.63, 3.8) is 0 Å². The van der Waals surface area contributed by atoms with Crippen molar-refractivity contribution in [2.45, 2.75) is 49.3 Å². The molecule has 0 radical (unpaired) electrons. The molecule has 2 amide bonds. The van der Waals surface area contributed by atoms with Crippen LogP contribution in [0, 0.1) is 0 Å². The Bertz CT molecular complexity index is 2080. The van der Waals surface area contributed by atoms with E-state index in [9.17, 15) is 19.8 Å². The zero-order valence-corrected chi connectivity index (χ0v) is 28.5. The smallest absolute Gasteiger partial charge is 0.266 e. The molecule has 0 aromatic heterocycles. The van der Waals surface area contributed by atoms with Gasteiger partial charge < -0.3 is 39.0 Å². The van der Waals surface area contributed by atoms with Crippen LogP contribution in [0.5, 0.6) is 17.2 Å². The number of ether oxygens (including phenoxy) is 4. The topological polar surface area (TPSA) is 118 Å². The summed E-state index contributed by atoms with van der Waals surface area (Å²) >= 11 is 0. The number of rotatable bonds is 8. The van der Waals surface area contributed by atoms with Crippen molar-refractivity contribution in [1.29, 1.82) is 0 Å². The molecule has 3 aromatic carbocycles. The third kappa shape index (κ3) is 4.66. The molecule has 260 valence electrons. The Morgan fingerprint density at radius 1 is 0.549 bits per heavy atom. The zero-order valence-electron chi connectivity index (χ0n) is 28.5. The van der Waals surface area contributed by atoms with Crippen LogP contribution in [0.1, 0.15) is 24.0 Å². The van der Waals surface area contributed by atoms with E-state index in [1.807, 2.05) is 78.9 Å². The number of nitrogens with zero attached hydrogens (tertiary/aromatic N) is 2. The molecule has 6 aliphatic rings. The van der Waals surface area contributed by atoms with Gasteiger partial charge in [-0.25, -0.2) is 0 Å². The van der Waals surface area contributed by atoms with Crippen molar-refractivity contribution in [2.75, 3.05) is 34.4 Å². The van der Waals surface area contributed by atoms with Gasteiger partial charge in [-0.05, 0) is 105 Å². The minimum Gasteiger partial charge on any atom is -0.497 e. The first kappa shape index (κ1) is 31.8. The van der Waals surface area contributed by atoms with Crippen LogP contribution >= 0.6 is 0 Å². The Morgan fingerprint density at radius 2 is 1.00 bits per heavy atom. The molecule has 4 aliphatic heterocycles. The molecule has 2 unspecified atom stereocenters. The number of aliphatic hydroxyl groups excluding tert-OH is 2. The van der Waals surface area contributed by atoms with Crippen LogP contribution in [0.25, 0.3) is 11.1 Å². The molecule has 2 aliphatic carbocycles. The van der Waals surface area contributed by atoms with E-state index >= 15 is 0 Å². The van der Waals surface area contributed by atoms with Crippen molar-refractivity contribution in [2.24, 2.45) is 0 Å². The Morgan fingerprint density at radius 3 is 1.45 bits per heavy atom. The summed E-state index contributed by atoms with van der Waals surface area (Å²) in [6, 6.07) is 23.5. The van der Waals surface area contributed by atoms with Crippen LogP contribution in [0.15, 0.2) is 112 Å². The normalized spacial score (nSPS) is 27.9. The molecule has 0 saturated carbocycles. The molecule has 0 spiro atoms. The highest BCUT2D eigenvalue weighted by Gasteiger charge is 2.58. The summed E-state index contributed by atoms with van der Waals surface area (Å²) in [7, 11) is 4.74. The maximum atomic E-state index is 13.7. The molecule has 10 nitrogen and oxygen atoms in total. The molecule has 10 heteroatoms. The fourth-order valence-electron chi connectivity index (χ4n) is 8.80. The highest BCUT2D eigenvalue weighted by atomic mass is 16.5. The minimum atomic E-state index is -0.978. The van der Waals surface area contributed by atoms with Gasteiger partial charge in [-0.2, -0.15) is 0 Å². The number of hydrogen-bond donors (Lipinski definition) is 2. The molecule has 0 bridgehead atoms. The van der Waals surface area contributed by atoms with Gasteiger partial charge in [0, 0.05) is 20.2 Å². The van der Waals surface area contributed by atoms with Crippen LogP contribution in [0.3, 0.4) is 0 Å². The second kappa shape index (κ2) is 12.0. The number of hydrogen-bond acceptors (Lipinski definition) is 8. The molecular formula is C41H38N2O8. The second-order valence-corrected chi connectivity index (χ2v) is 13.8. The van der Waals surface area contributed by atoms with Crippen LogP contribution in [0.2, 0.25) is 0 Å². The van der Waals surface area contributed by atoms with Crippen molar-refractivity contribution < 1.29 is 38.7 Å². The number of para-hydroxylation sites is 1. The summed E-state index contributed by atoms with van der Waals surface area (Å²) < 4.78 is 22.6. The van der Waals surface area contributed by atoms with Crippen molar-refractivity contribution >= 4 is 23.0 Å². The minimum absolute atomic E-state index is 0.139. The van der Waals surface area contributed by atoms with Gasteiger partial charge in [-0.1, -0.05) is 42.5 Å². The maximum absolute atomic E-state index is 13.7. The average molecular weight is 687 g/mol. The summed E-state index contributed by atoms with van der Waals surface area (Å²) in [5.41, 5.74) is 9.68. The Hall–Kier alpha value is -5.16. The van der Waals surface area contributed by atoms with Gasteiger partial charge in [0.05, 0.1) is 20.3 Å². The van der Waals surface area contributed by atoms with E-state index in [0.29, 0.717) is 43.2 Å². The number of allylic oxidation sites excluding steroid dienone is 2. The number of amides is 2. The predicted molar refractivity (Wildman–Crippen MR) is 188 cm³/mol. The Balaban J connectivity index is 1.16. The van der Waals surface area contributed by atoms with Crippen LogP contribution in [-0.4, -0.2) is 103 Å². The summed E-state index contributed by atoms with van der Waals surface area (Å²) in [6.45, 7) is 0.715. The first-order valence-corrected chi connectivity index (χ1v) is 17.2. The van der Waals surface area contributed by atoms with Crippen LogP contribution in [0.4, 0.5) is 0 Å². The monoisotopic (exact) mass is 686 g/mol. The first-order valence-electron chi connectivity index (χ1n) is 17.2. The molecule has 9 rings (SSSR count). The second-order valence-electron chi connectivity index (χ2n) is 13.8. The quantitative estimate of drug-likeness (QED) is 0.343. The Labute approximate surface area is 295 Å². The summed E-state index contributed by atoms with van der Waals surface area (Å²) in [4.78, 5) is 30.4. The standard InChI is InChI=1S/C41H38N2O8/c1-48-23-13-9-21(10-14-23)32-28-17-26(30(28)19-42-34(36(32)44)38(50-3)40(42)46)27-18-29-31(27)20-43-35(39(41(43)47)51-25-7-5-4-6-8-25)37(45)33(29)22-11-15-24(49-2)16-12-22/h4-16,34-39,44-45H,17-20H2,1-3H3/t34?,35?,36-,37-,38-,39-/m1/s1. The van der Waals surface area contributed by atoms with E-state index in [1.165, 1.54) is 7.11 Å². The third-order valence-electron chi connectivity index (χ3n) is 11.5. The number of carbonyl (C=O) groups excluding carboxylic acids is 2. The maximum Gasteiger partial charge on any atom is 0.266 e. The largest absolute Gasteiger partial charge is 0.497 e. The lowest BCUT2D eigenvalue weighted by atomic mass is 9.66.